The Kier molecular flexibility index (Phi) is 9.78. The highest BCUT2D eigenvalue weighted by molar-refractivity contribution is 6.02. The van der Waals surface area contributed by atoms with Crippen molar-refractivity contribution in [2.75, 3.05) is 31.5 Å². The van der Waals surface area contributed by atoms with Gasteiger partial charge in [0.25, 0.3) is 5.91 Å². The van der Waals surface area contributed by atoms with Crippen LogP contribution in [0.25, 0.3) is 6.08 Å². The molecule has 6 nitrogen and oxygen atoms in total. The highest BCUT2D eigenvalue weighted by Crippen LogP contribution is 2.16. The van der Waals surface area contributed by atoms with E-state index in [9.17, 15) is 9.59 Å². The Labute approximate surface area is 185 Å². The number of carbonyl (C=O) groups is 2. The second-order valence-corrected chi connectivity index (χ2v) is 7.42. The summed E-state index contributed by atoms with van der Waals surface area (Å²) in [4.78, 5) is 26.7. The molecule has 0 saturated carbocycles. The average molecular weight is 424 g/mol. The minimum absolute atomic E-state index is 0.0926. The Balaban J connectivity index is 1.86. The van der Waals surface area contributed by atoms with Gasteiger partial charge in [-0.05, 0) is 75.0 Å². The molecule has 0 aliphatic rings. The SMILES string of the molecule is CCN(CC)CCNC(=O)c1ccc(NC(=O)/C=C/c2cccc(OC(C)C)c2)cc1. The number of benzene rings is 2. The third-order valence-electron chi connectivity index (χ3n) is 4.68. The number of amides is 2. The zero-order valence-corrected chi connectivity index (χ0v) is 18.9. The lowest BCUT2D eigenvalue weighted by molar-refractivity contribution is -0.111. The average Bonchev–Trinajstić information content (AvgIpc) is 2.75. The zero-order valence-electron chi connectivity index (χ0n) is 18.9. The molecule has 31 heavy (non-hydrogen) atoms. The number of hydrogen-bond acceptors (Lipinski definition) is 4. The summed E-state index contributed by atoms with van der Waals surface area (Å²) in [7, 11) is 0. The molecule has 2 aromatic rings. The molecule has 2 amide bonds. The molecule has 2 N–H and O–H groups in total. The van der Waals surface area contributed by atoms with Crippen LogP contribution in [0.15, 0.2) is 54.6 Å². The first-order valence-electron chi connectivity index (χ1n) is 10.8. The summed E-state index contributed by atoms with van der Waals surface area (Å²) in [5.41, 5.74) is 2.08. The van der Waals surface area contributed by atoms with Gasteiger partial charge in [0.1, 0.15) is 5.75 Å². The van der Waals surface area contributed by atoms with Gasteiger partial charge in [-0.3, -0.25) is 9.59 Å². The molecule has 0 bridgehead atoms. The van der Waals surface area contributed by atoms with Crippen molar-refractivity contribution in [3.05, 3.63) is 65.7 Å². The molecule has 2 rings (SSSR count). The molecule has 0 aliphatic carbocycles. The van der Waals surface area contributed by atoms with Crippen LogP contribution in [0.1, 0.15) is 43.6 Å². The molecule has 6 heteroatoms. The van der Waals surface area contributed by atoms with Crippen LogP contribution in [0, 0.1) is 0 Å². The summed E-state index contributed by atoms with van der Waals surface area (Å²) in [6, 6.07) is 14.4. The van der Waals surface area contributed by atoms with E-state index in [4.69, 9.17) is 4.74 Å². The van der Waals surface area contributed by atoms with Gasteiger partial charge in [0.2, 0.25) is 5.91 Å². The quantitative estimate of drug-likeness (QED) is 0.532. The van der Waals surface area contributed by atoms with Gasteiger partial charge in [-0.15, -0.1) is 0 Å². The minimum Gasteiger partial charge on any atom is -0.491 e. The first-order chi connectivity index (χ1) is 14.9. The van der Waals surface area contributed by atoms with Crippen molar-refractivity contribution in [1.29, 1.82) is 0 Å². The fourth-order valence-corrected chi connectivity index (χ4v) is 2.99. The van der Waals surface area contributed by atoms with Crippen LogP contribution < -0.4 is 15.4 Å². The fraction of sp³-hybridized carbons (Fsp3) is 0.360. The van der Waals surface area contributed by atoms with E-state index in [0.717, 1.165) is 30.9 Å². The van der Waals surface area contributed by atoms with Crippen LogP contribution in [0.2, 0.25) is 0 Å². The van der Waals surface area contributed by atoms with Crippen molar-refractivity contribution in [1.82, 2.24) is 10.2 Å². The van der Waals surface area contributed by atoms with E-state index in [2.05, 4.69) is 29.4 Å². The van der Waals surface area contributed by atoms with Crippen molar-refractivity contribution in [3.63, 3.8) is 0 Å². The number of hydrogen-bond donors (Lipinski definition) is 2. The molecule has 0 heterocycles. The third-order valence-corrected chi connectivity index (χ3v) is 4.68. The number of anilines is 1. The van der Waals surface area contributed by atoms with Crippen molar-refractivity contribution in [2.45, 2.75) is 33.8 Å². The van der Waals surface area contributed by atoms with Crippen molar-refractivity contribution in [2.24, 2.45) is 0 Å². The molecule has 0 unspecified atom stereocenters. The summed E-state index contributed by atoms with van der Waals surface area (Å²) in [5, 5.41) is 5.73. The predicted octanol–water partition coefficient (Wildman–Crippen LogP) is 4.20. The van der Waals surface area contributed by atoms with Gasteiger partial charge in [0, 0.05) is 30.4 Å². The number of nitrogens with one attached hydrogen (secondary N) is 2. The van der Waals surface area contributed by atoms with Crippen LogP contribution >= 0.6 is 0 Å². The predicted molar refractivity (Wildman–Crippen MR) is 126 cm³/mol. The second-order valence-electron chi connectivity index (χ2n) is 7.42. The van der Waals surface area contributed by atoms with Gasteiger partial charge >= 0.3 is 0 Å². The van der Waals surface area contributed by atoms with E-state index in [1.54, 1.807) is 30.3 Å². The van der Waals surface area contributed by atoms with Crippen LogP contribution in [-0.4, -0.2) is 49.0 Å². The molecule has 2 aromatic carbocycles. The number of rotatable bonds is 11. The number of nitrogens with zero attached hydrogens (tertiary/aromatic N) is 1. The zero-order chi connectivity index (χ0) is 22.6. The maximum atomic E-state index is 12.3. The maximum absolute atomic E-state index is 12.3. The Morgan fingerprint density at radius 2 is 1.77 bits per heavy atom. The number of carbonyl (C=O) groups excluding carboxylic acids is 2. The largest absolute Gasteiger partial charge is 0.491 e. The van der Waals surface area contributed by atoms with E-state index in [1.165, 1.54) is 6.08 Å². The Morgan fingerprint density at radius 1 is 1.06 bits per heavy atom. The van der Waals surface area contributed by atoms with Crippen molar-refractivity contribution >= 4 is 23.6 Å². The molecule has 0 aliphatic heterocycles. The highest BCUT2D eigenvalue weighted by Gasteiger charge is 2.07. The smallest absolute Gasteiger partial charge is 0.251 e. The number of ether oxygens (including phenoxy) is 1. The molecule has 0 aromatic heterocycles. The fourth-order valence-electron chi connectivity index (χ4n) is 2.99. The normalized spacial score (nSPS) is 11.2. The van der Waals surface area contributed by atoms with Crippen molar-refractivity contribution in [3.8, 4) is 5.75 Å². The van der Waals surface area contributed by atoms with E-state index >= 15 is 0 Å². The topological polar surface area (TPSA) is 70.7 Å². The molecular formula is C25H33N3O3. The van der Waals surface area contributed by atoms with Gasteiger partial charge in [-0.1, -0.05) is 26.0 Å². The highest BCUT2D eigenvalue weighted by atomic mass is 16.5. The van der Waals surface area contributed by atoms with E-state index in [0.29, 0.717) is 17.8 Å². The lowest BCUT2D eigenvalue weighted by Crippen LogP contribution is -2.34. The molecule has 0 radical (unpaired) electrons. The summed E-state index contributed by atoms with van der Waals surface area (Å²) >= 11 is 0. The monoisotopic (exact) mass is 423 g/mol. The first kappa shape index (κ1) is 24.2. The Morgan fingerprint density at radius 3 is 2.42 bits per heavy atom. The van der Waals surface area contributed by atoms with Crippen LogP contribution in [0.5, 0.6) is 5.75 Å². The molecule has 0 spiro atoms. The molecule has 0 atom stereocenters. The lowest BCUT2D eigenvalue weighted by Gasteiger charge is -2.17. The molecular weight excluding hydrogens is 390 g/mol. The van der Waals surface area contributed by atoms with E-state index < -0.39 is 0 Å². The van der Waals surface area contributed by atoms with Gasteiger partial charge in [-0.2, -0.15) is 0 Å². The third kappa shape index (κ3) is 8.64. The number of likely N-dealkylation sites (N-methyl/N-ethyl adjacent to an activating group) is 1. The molecule has 0 saturated heterocycles. The summed E-state index contributed by atoms with van der Waals surface area (Å²) < 4.78 is 5.67. The Bertz CT molecular complexity index is 872. The standard InChI is InChI=1S/C25H33N3O3/c1-5-28(6-2)17-16-26-25(30)21-11-13-22(14-12-21)27-24(29)15-10-20-8-7-9-23(18-20)31-19(3)4/h7-15,18-19H,5-6,16-17H2,1-4H3,(H,26,30)(H,27,29)/b15-10+. The first-order valence-corrected chi connectivity index (χ1v) is 10.8. The maximum Gasteiger partial charge on any atom is 0.251 e. The molecule has 0 fully saturated rings. The van der Waals surface area contributed by atoms with Gasteiger partial charge in [-0.25, -0.2) is 0 Å². The summed E-state index contributed by atoms with van der Waals surface area (Å²) in [5.74, 6) is 0.406. The van der Waals surface area contributed by atoms with Crippen LogP contribution in [0.3, 0.4) is 0 Å². The summed E-state index contributed by atoms with van der Waals surface area (Å²) in [6.45, 7) is 11.5. The van der Waals surface area contributed by atoms with Crippen molar-refractivity contribution < 1.29 is 14.3 Å². The lowest BCUT2D eigenvalue weighted by atomic mass is 10.2. The minimum atomic E-state index is -0.244. The van der Waals surface area contributed by atoms with Crippen LogP contribution in [-0.2, 0) is 4.79 Å². The van der Waals surface area contributed by atoms with Gasteiger partial charge in [0.05, 0.1) is 6.10 Å². The van der Waals surface area contributed by atoms with E-state index in [-0.39, 0.29) is 17.9 Å². The van der Waals surface area contributed by atoms with Gasteiger partial charge < -0.3 is 20.3 Å². The molecule has 166 valence electrons. The van der Waals surface area contributed by atoms with Crippen LogP contribution in [0.4, 0.5) is 5.69 Å². The van der Waals surface area contributed by atoms with E-state index in [1.807, 2.05) is 38.1 Å². The Hall–Kier alpha value is -3.12. The summed E-state index contributed by atoms with van der Waals surface area (Å²) in [6.07, 6.45) is 3.30. The second kappa shape index (κ2) is 12.5. The van der Waals surface area contributed by atoms with Gasteiger partial charge in [0.15, 0.2) is 0 Å².